The zero-order chi connectivity index (χ0) is 26.9. The van der Waals surface area contributed by atoms with Crippen LogP contribution in [-0.2, 0) is 0 Å². The Balaban J connectivity index is 0.000000214. The predicted octanol–water partition coefficient (Wildman–Crippen LogP) is 4.53. The van der Waals surface area contributed by atoms with Gasteiger partial charge in [0.15, 0.2) is 0 Å². The monoisotopic (exact) mass is 509 g/mol. The van der Waals surface area contributed by atoms with Crippen molar-refractivity contribution in [2.75, 3.05) is 32.7 Å². The number of nitro groups is 3. The number of piperazine rings is 1. The number of phenolic OH excluding ortho intramolecular Hbond substituents is 1. The van der Waals surface area contributed by atoms with Gasteiger partial charge in [0.25, 0.3) is 11.4 Å². The van der Waals surface area contributed by atoms with Crippen molar-refractivity contribution < 1.29 is 19.9 Å². The minimum Gasteiger partial charge on any atom is -0.497 e. The Labute approximate surface area is 212 Å². The fourth-order valence-electron chi connectivity index (χ4n) is 4.20. The van der Waals surface area contributed by atoms with Gasteiger partial charge in [0.05, 0.1) is 32.9 Å². The average molecular weight is 510 g/mol. The summed E-state index contributed by atoms with van der Waals surface area (Å²) in [4.78, 5) is 32.9. The molecule has 0 aromatic heterocycles. The van der Waals surface area contributed by atoms with Crippen LogP contribution in [0.5, 0.6) is 5.75 Å². The fraction of sp³-hybridized carbons (Fsp3) is 0.280. The molecule has 3 aromatic carbocycles. The molecule has 0 atom stereocenters. The lowest BCUT2D eigenvalue weighted by molar-refractivity contribution is -0.404. The number of hydrogen-bond donors (Lipinski definition) is 1. The van der Waals surface area contributed by atoms with E-state index in [0.29, 0.717) is 18.2 Å². The molecule has 1 fully saturated rings. The van der Waals surface area contributed by atoms with Crippen LogP contribution in [-0.4, -0.2) is 62.4 Å². The molecule has 0 aliphatic carbocycles. The number of rotatable bonds is 7. The number of nitrogens with zero attached hydrogens (tertiary/aromatic N) is 5. The Morgan fingerprint density at radius 2 is 1.19 bits per heavy atom. The van der Waals surface area contributed by atoms with Gasteiger partial charge in [0.1, 0.15) is 0 Å². The summed E-state index contributed by atoms with van der Waals surface area (Å²) in [5, 5.41) is 40.2. The molecule has 4 rings (SSSR count). The Morgan fingerprint density at radius 3 is 1.54 bits per heavy atom. The molecule has 194 valence electrons. The Kier molecular flexibility index (Phi) is 9.19. The topological polar surface area (TPSA) is 156 Å². The molecule has 1 heterocycles. The fourth-order valence-corrected chi connectivity index (χ4v) is 4.20. The van der Waals surface area contributed by atoms with Crippen LogP contribution in [0.2, 0.25) is 0 Å². The average Bonchev–Trinajstić information content (AvgIpc) is 2.90. The van der Waals surface area contributed by atoms with E-state index in [1.54, 1.807) is 0 Å². The van der Waals surface area contributed by atoms with E-state index in [1.807, 2.05) is 0 Å². The van der Waals surface area contributed by atoms with Crippen LogP contribution in [0, 0.1) is 30.3 Å². The summed E-state index contributed by atoms with van der Waals surface area (Å²) < 4.78 is 0. The first kappa shape index (κ1) is 27.2. The van der Waals surface area contributed by atoms with Crippen LogP contribution in [0.25, 0.3) is 0 Å². The molecule has 0 saturated carbocycles. The second-order valence-electron chi connectivity index (χ2n) is 8.30. The van der Waals surface area contributed by atoms with Crippen molar-refractivity contribution in [3.63, 3.8) is 0 Å². The van der Waals surface area contributed by atoms with Gasteiger partial charge in [-0.2, -0.15) is 0 Å². The van der Waals surface area contributed by atoms with Crippen LogP contribution in [0.3, 0.4) is 0 Å². The normalized spacial score (nSPS) is 14.0. The van der Waals surface area contributed by atoms with E-state index in [4.69, 9.17) is 5.11 Å². The number of benzene rings is 3. The lowest BCUT2D eigenvalue weighted by atomic mass is 9.96. The molecule has 0 bridgehead atoms. The molecule has 0 unspecified atom stereocenters. The molecule has 12 heteroatoms. The SMILES string of the molecule is CCN1CCN(C(c2ccccc2)c2ccccc2)CC1.O=[N+]([O-])c1cc([N+](=O)[O-])c(O)c([N+](=O)[O-])c1. The number of phenols is 1. The maximum Gasteiger partial charge on any atom is 0.324 e. The Bertz CT molecular complexity index is 1160. The number of non-ortho nitro benzene ring substituents is 1. The van der Waals surface area contributed by atoms with Crippen molar-refractivity contribution >= 4 is 17.1 Å². The molecule has 0 radical (unpaired) electrons. The van der Waals surface area contributed by atoms with Gasteiger partial charge in [0.2, 0.25) is 0 Å². The molecule has 1 aliphatic rings. The van der Waals surface area contributed by atoms with Gasteiger partial charge in [0, 0.05) is 26.2 Å². The van der Waals surface area contributed by atoms with Gasteiger partial charge in [-0.25, -0.2) is 0 Å². The maximum absolute atomic E-state index is 10.4. The summed E-state index contributed by atoms with van der Waals surface area (Å²) in [6, 6.07) is 23.1. The van der Waals surface area contributed by atoms with E-state index in [-0.39, 0.29) is 0 Å². The van der Waals surface area contributed by atoms with Gasteiger partial charge >= 0.3 is 11.4 Å². The summed E-state index contributed by atoms with van der Waals surface area (Å²) in [5.41, 5.74) is -0.208. The summed E-state index contributed by atoms with van der Waals surface area (Å²) in [7, 11) is 0. The molecule has 1 saturated heterocycles. The summed E-state index contributed by atoms with van der Waals surface area (Å²) in [5.74, 6) is -1.21. The van der Waals surface area contributed by atoms with E-state index < -0.39 is 37.6 Å². The summed E-state index contributed by atoms with van der Waals surface area (Å²) in [6.07, 6.45) is 0. The lowest BCUT2D eigenvalue weighted by Crippen LogP contribution is -2.47. The standard InChI is InChI=1S/C19H24N2.C6H3N3O7/c1-2-20-13-15-21(16-14-20)19(17-9-5-3-6-10-17)18-11-7-4-8-12-18;10-6-4(8(13)14)1-3(7(11)12)2-5(6)9(15)16/h3-12,19H,2,13-16H2,1H3;1-2,10H. The molecular formula is C25H27N5O7. The minimum absolute atomic E-state index is 0.381. The second kappa shape index (κ2) is 12.5. The highest BCUT2D eigenvalue weighted by molar-refractivity contribution is 5.64. The van der Waals surface area contributed by atoms with E-state index >= 15 is 0 Å². The largest absolute Gasteiger partial charge is 0.497 e. The highest BCUT2D eigenvalue weighted by Crippen LogP contribution is 2.39. The van der Waals surface area contributed by atoms with Crippen LogP contribution < -0.4 is 0 Å². The van der Waals surface area contributed by atoms with Crippen LogP contribution >= 0.6 is 0 Å². The van der Waals surface area contributed by atoms with Crippen molar-refractivity contribution in [2.45, 2.75) is 13.0 Å². The van der Waals surface area contributed by atoms with E-state index in [9.17, 15) is 30.3 Å². The quantitative estimate of drug-likeness (QED) is 0.357. The molecule has 1 aliphatic heterocycles. The number of aromatic hydroxyl groups is 1. The molecule has 1 N–H and O–H groups in total. The molecule has 12 nitrogen and oxygen atoms in total. The Hall–Kier alpha value is -4.42. The second-order valence-corrected chi connectivity index (χ2v) is 8.30. The first-order valence-corrected chi connectivity index (χ1v) is 11.6. The van der Waals surface area contributed by atoms with Crippen molar-refractivity contribution in [2.24, 2.45) is 0 Å². The lowest BCUT2D eigenvalue weighted by Gasteiger charge is -2.39. The van der Waals surface area contributed by atoms with Crippen LogP contribution in [0.4, 0.5) is 17.1 Å². The van der Waals surface area contributed by atoms with Crippen LogP contribution in [0.1, 0.15) is 24.1 Å². The summed E-state index contributed by atoms with van der Waals surface area (Å²) >= 11 is 0. The third kappa shape index (κ3) is 6.84. The third-order valence-corrected chi connectivity index (χ3v) is 6.11. The van der Waals surface area contributed by atoms with E-state index in [1.165, 1.54) is 24.2 Å². The predicted molar refractivity (Wildman–Crippen MR) is 136 cm³/mol. The third-order valence-electron chi connectivity index (χ3n) is 6.11. The first-order valence-electron chi connectivity index (χ1n) is 11.6. The van der Waals surface area contributed by atoms with Gasteiger partial charge in [-0.15, -0.1) is 0 Å². The zero-order valence-corrected chi connectivity index (χ0v) is 20.2. The van der Waals surface area contributed by atoms with Crippen LogP contribution in [0.15, 0.2) is 72.8 Å². The van der Waals surface area contributed by atoms with Gasteiger partial charge < -0.3 is 10.0 Å². The zero-order valence-electron chi connectivity index (χ0n) is 20.2. The number of likely N-dealkylation sites (N-methyl/N-ethyl adjacent to an activating group) is 1. The Morgan fingerprint density at radius 1 is 0.757 bits per heavy atom. The number of nitro benzene ring substituents is 3. The van der Waals surface area contributed by atoms with Crippen molar-refractivity contribution in [1.82, 2.24) is 9.80 Å². The molecule has 37 heavy (non-hydrogen) atoms. The smallest absolute Gasteiger partial charge is 0.324 e. The molecular weight excluding hydrogens is 482 g/mol. The first-order chi connectivity index (χ1) is 17.7. The van der Waals surface area contributed by atoms with Crippen molar-refractivity contribution in [3.05, 3.63) is 114 Å². The minimum atomic E-state index is -1.21. The van der Waals surface area contributed by atoms with Crippen molar-refractivity contribution in [1.29, 1.82) is 0 Å². The highest BCUT2D eigenvalue weighted by atomic mass is 16.6. The van der Waals surface area contributed by atoms with Gasteiger partial charge in [-0.3, -0.25) is 35.2 Å². The molecule has 0 spiro atoms. The van der Waals surface area contributed by atoms with E-state index in [2.05, 4.69) is 77.4 Å². The maximum atomic E-state index is 10.4. The van der Waals surface area contributed by atoms with Gasteiger partial charge in [-0.05, 0) is 17.7 Å². The molecule has 3 aromatic rings. The highest BCUT2D eigenvalue weighted by Gasteiger charge is 2.30. The number of hydrogen-bond acceptors (Lipinski definition) is 9. The van der Waals surface area contributed by atoms with E-state index in [0.717, 1.165) is 19.6 Å². The summed E-state index contributed by atoms with van der Waals surface area (Å²) in [6.45, 7) is 8.04. The van der Waals surface area contributed by atoms with Gasteiger partial charge in [-0.1, -0.05) is 67.6 Å². The molecule has 0 amide bonds. The van der Waals surface area contributed by atoms with Crippen molar-refractivity contribution in [3.8, 4) is 5.75 Å².